The zero-order valence-corrected chi connectivity index (χ0v) is 19.0. The van der Waals surface area contributed by atoms with Crippen molar-refractivity contribution in [3.05, 3.63) is 94.8 Å². The minimum atomic E-state index is -0.843. The molecule has 1 atom stereocenters. The Kier molecular flexibility index (Phi) is 5.94. The van der Waals surface area contributed by atoms with Crippen molar-refractivity contribution in [1.82, 2.24) is 20.7 Å². The predicted octanol–water partition coefficient (Wildman–Crippen LogP) is 4.50. The van der Waals surface area contributed by atoms with Gasteiger partial charge in [0.25, 0.3) is 5.91 Å². The molecule has 5 rings (SSSR count). The number of hydrogen-bond acceptors (Lipinski definition) is 5. The van der Waals surface area contributed by atoms with E-state index in [4.69, 9.17) is 17.0 Å². The van der Waals surface area contributed by atoms with Crippen LogP contribution in [0.2, 0.25) is 5.02 Å². The summed E-state index contributed by atoms with van der Waals surface area (Å²) < 4.78 is 0. The fraction of sp³-hybridized carbons (Fsp3) is 0.0833. The monoisotopic (exact) mass is 486 g/mol. The molecule has 2 heterocycles. The standard InChI is InChI=1S/C24H19ClN8O2/c25-17-7-1-14(2-8-17)12-29-32-31-22(26)16-5-3-15(4-6-16)21-23(34)30-24(35)33(21)18-9-10-19-20(11-18)28-13-27-19/h1-11,13,21H,12H2,(H,27,28)(H2,26,29,31)(H,30,34,35). The Morgan fingerprint density at radius 2 is 1.86 bits per heavy atom. The number of carbonyl (C=O) groups excluding carboxylic acids is 2. The quantitative estimate of drug-likeness (QED) is 0.105. The Bertz CT molecular complexity index is 1450. The minimum Gasteiger partial charge on any atom is -0.345 e. The lowest BCUT2D eigenvalue weighted by Crippen LogP contribution is -2.29. The number of rotatable bonds is 6. The van der Waals surface area contributed by atoms with E-state index in [1.165, 1.54) is 4.90 Å². The molecule has 0 radical (unpaired) electrons. The molecule has 1 fully saturated rings. The van der Waals surface area contributed by atoms with Crippen LogP contribution in [0, 0.1) is 5.41 Å². The lowest BCUT2D eigenvalue weighted by Gasteiger charge is -2.22. The average Bonchev–Trinajstić information content (AvgIpc) is 3.45. The van der Waals surface area contributed by atoms with Crippen LogP contribution in [0.4, 0.5) is 10.5 Å². The van der Waals surface area contributed by atoms with Crippen LogP contribution in [0.25, 0.3) is 11.0 Å². The van der Waals surface area contributed by atoms with Gasteiger partial charge in [-0.1, -0.05) is 53.2 Å². The third kappa shape index (κ3) is 4.59. The molecule has 4 aromatic rings. The van der Waals surface area contributed by atoms with Crippen molar-refractivity contribution >= 4 is 46.1 Å². The average molecular weight is 487 g/mol. The molecule has 174 valence electrons. The maximum Gasteiger partial charge on any atom is 0.329 e. The molecule has 4 N–H and O–H groups in total. The molecule has 1 aromatic heterocycles. The van der Waals surface area contributed by atoms with Crippen LogP contribution in [0.5, 0.6) is 0 Å². The second kappa shape index (κ2) is 9.35. The Morgan fingerprint density at radius 3 is 2.63 bits per heavy atom. The number of benzene rings is 3. The van der Waals surface area contributed by atoms with Gasteiger partial charge in [0, 0.05) is 16.3 Å². The molecule has 35 heavy (non-hydrogen) atoms. The van der Waals surface area contributed by atoms with E-state index in [9.17, 15) is 9.59 Å². The Hall–Kier alpha value is -4.57. The number of aromatic amines is 1. The third-order valence-electron chi connectivity index (χ3n) is 5.56. The fourth-order valence-electron chi connectivity index (χ4n) is 3.80. The lowest BCUT2D eigenvalue weighted by atomic mass is 10.0. The first-order chi connectivity index (χ1) is 17.0. The molecule has 1 aliphatic rings. The maximum absolute atomic E-state index is 12.6. The van der Waals surface area contributed by atoms with Crippen LogP contribution in [0.1, 0.15) is 22.7 Å². The number of amidine groups is 1. The first-order valence-corrected chi connectivity index (χ1v) is 11.0. The van der Waals surface area contributed by atoms with E-state index in [2.05, 4.69) is 31.0 Å². The van der Waals surface area contributed by atoms with Gasteiger partial charge < -0.3 is 4.98 Å². The highest BCUT2D eigenvalue weighted by atomic mass is 35.5. The number of nitrogens with zero attached hydrogens (tertiary/aromatic N) is 4. The van der Waals surface area contributed by atoms with E-state index < -0.39 is 18.0 Å². The summed E-state index contributed by atoms with van der Waals surface area (Å²) in [5.41, 5.74) is 6.95. The molecule has 0 saturated carbocycles. The molecule has 0 bridgehead atoms. The zero-order valence-electron chi connectivity index (χ0n) is 18.2. The van der Waals surface area contributed by atoms with Crippen molar-refractivity contribution in [2.75, 3.05) is 4.90 Å². The van der Waals surface area contributed by atoms with Gasteiger partial charge in [0.05, 0.1) is 23.9 Å². The highest BCUT2D eigenvalue weighted by molar-refractivity contribution is 6.30. The zero-order chi connectivity index (χ0) is 24.4. The van der Waals surface area contributed by atoms with Gasteiger partial charge in [0.2, 0.25) is 0 Å². The van der Waals surface area contributed by atoms with Crippen molar-refractivity contribution in [2.45, 2.75) is 12.6 Å². The van der Waals surface area contributed by atoms with Gasteiger partial charge in [-0.05, 0) is 41.5 Å². The molecule has 3 aromatic carbocycles. The third-order valence-corrected chi connectivity index (χ3v) is 5.81. The molecular formula is C24H19ClN8O2. The summed E-state index contributed by atoms with van der Waals surface area (Å²) in [5, 5.41) is 18.9. The molecular weight excluding hydrogens is 468 g/mol. The molecule has 1 saturated heterocycles. The van der Waals surface area contributed by atoms with Crippen LogP contribution in [0.15, 0.2) is 83.4 Å². The second-order valence-electron chi connectivity index (χ2n) is 7.80. The van der Waals surface area contributed by atoms with Gasteiger partial charge in [-0.15, -0.1) is 5.11 Å². The number of halogens is 1. The number of urea groups is 1. The number of anilines is 1. The largest absolute Gasteiger partial charge is 0.345 e. The Morgan fingerprint density at radius 1 is 1.09 bits per heavy atom. The molecule has 11 heteroatoms. The normalized spacial score (nSPS) is 15.7. The molecule has 0 aliphatic carbocycles. The number of amides is 3. The maximum atomic E-state index is 12.6. The van der Waals surface area contributed by atoms with E-state index in [0.29, 0.717) is 33.9 Å². The van der Waals surface area contributed by atoms with Gasteiger partial charge in [0.1, 0.15) is 6.04 Å². The van der Waals surface area contributed by atoms with Gasteiger partial charge in [-0.3, -0.25) is 25.8 Å². The summed E-state index contributed by atoms with van der Waals surface area (Å²) in [6, 6.07) is 18.0. The number of H-pyrrole nitrogens is 1. The summed E-state index contributed by atoms with van der Waals surface area (Å²) in [6.07, 6.45) is 1.57. The Balaban J connectivity index is 1.29. The molecule has 1 unspecified atom stereocenters. The van der Waals surface area contributed by atoms with E-state index in [0.717, 1.165) is 11.1 Å². The number of carbonyl (C=O) groups is 2. The van der Waals surface area contributed by atoms with E-state index >= 15 is 0 Å². The van der Waals surface area contributed by atoms with Crippen LogP contribution >= 0.6 is 11.6 Å². The van der Waals surface area contributed by atoms with Crippen molar-refractivity contribution < 1.29 is 9.59 Å². The summed E-state index contributed by atoms with van der Waals surface area (Å²) in [6.45, 7) is 0.442. The summed E-state index contributed by atoms with van der Waals surface area (Å²) in [5.74, 6) is -0.473. The summed E-state index contributed by atoms with van der Waals surface area (Å²) in [7, 11) is 0. The Labute approximate surface area is 204 Å². The van der Waals surface area contributed by atoms with Crippen LogP contribution in [-0.2, 0) is 11.3 Å². The van der Waals surface area contributed by atoms with Crippen molar-refractivity contribution in [1.29, 1.82) is 5.41 Å². The smallest absolute Gasteiger partial charge is 0.329 e. The molecule has 10 nitrogen and oxygen atoms in total. The van der Waals surface area contributed by atoms with E-state index in [1.54, 1.807) is 60.9 Å². The number of imidazole rings is 1. The number of fused-ring (bicyclic) bond motifs is 1. The summed E-state index contributed by atoms with van der Waals surface area (Å²) >= 11 is 5.87. The number of hydrogen-bond donors (Lipinski definition) is 4. The van der Waals surface area contributed by atoms with Crippen LogP contribution < -0.4 is 15.6 Å². The molecule has 1 aliphatic heterocycles. The van der Waals surface area contributed by atoms with E-state index in [-0.39, 0.29) is 5.84 Å². The summed E-state index contributed by atoms with van der Waals surface area (Å²) in [4.78, 5) is 33.8. The van der Waals surface area contributed by atoms with Crippen molar-refractivity contribution in [2.24, 2.45) is 10.3 Å². The van der Waals surface area contributed by atoms with Crippen molar-refractivity contribution in [3.8, 4) is 0 Å². The van der Waals surface area contributed by atoms with Crippen LogP contribution in [-0.4, -0.2) is 27.7 Å². The van der Waals surface area contributed by atoms with Gasteiger partial charge >= 0.3 is 6.03 Å². The van der Waals surface area contributed by atoms with Gasteiger partial charge in [0.15, 0.2) is 5.84 Å². The SMILES string of the molecule is N=C(/N=N\NCc1ccc(Cl)cc1)c1ccc(C2C(=O)NC(=O)N2c2ccc3[nH]cnc3c2)cc1. The topological polar surface area (TPSA) is 139 Å². The second-order valence-corrected chi connectivity index (χ2v) is 8.24. The first-order valence-electron chi connectivity index (χ1n) is 10.6. The predicted molar refractivity (Wildman–Crippen MR) is 131 cm³/mol. The minimum absolute atomic E-state index is 0.0482. The lowest BCUT2D eigenvalue weighted by molar-refractivity contribution is -0.119. The number of nitrogens with one attached hydrogen (secondary N) is 4. The van der Waals surface area contributed by atoms with E-state index in [1.807, 2.05) is 12.1 Å². The fourth-order valence-corrected chi connectivity index (χ4v) is 3.93. The molecule has 3 amide bonds. The van der Waals surface area contributed by atoms with Crippen LogP contribution in [0.3, 0.4) is 0 Å². The van der Waals surface area contributed by atoms with Gasteiger partial charge in [-0.2, -0.15) is 0 Å². The van der Waals surface area contributed by atoms with Crippen molar-refractivity contribution in [3.63, 3.8) is 0 Å². The van der Waals surface area contributed by atoms with Gasteiger partial charge in [-0.25, -0.2) is 9.78 Å². The molecule has 0 spiro atoms. The first kappa shape index (κ1) is 22.2. The highest BCUT2D eigenvalue weighted by Gasteiger charge is 2.40. The number of imide groups is 1. The number of aromatic nitrogens is 2. The highest BCUT2D eigenvalue weighted by Crippen LogP contribution is 2.33.